The van der Waals surface area contributed by atoms with Crippen LogP contribution < -0.4 is 19.5 Å². The quantitative estimate of drug-likeness (QED) is 0.697. The van der Waals surface area contributed by atoms with Crippen LogP contribution in [0.25, 0.3) is 0 Å². The fourth-order valence-electron chi connectivity index (χ4n) is 2.84. The minimum Gasteiger partial charge on any atom is -0.493 e. The van der Waals surface area contributed by atoms with Crippen LogP contribution in [0.5, 0.6) is 17.2 Å². The van der Waals surface area contributed by atoms with Crippen molar-refractivity contribution in [3.8, 4) is 17.2 Å². The van der Waals surface area contributed by atoms with Gasteiger partial charge in [0, 0.05) is 11.8 Å². The standard InChI is InChI=1S/C23H27NO6/c1-23(2,3)16-4-7-18(8-5-16)27-11-10-22(26)30-15-21(25)24-17-6-9-19-20(14-17)29-13-12-28-19/h4-9,14H,10-13,15H2,1-3H3,(H,24,25). The summed E-state index contributed by atoms with van der Waals surface area (Å²) >= 11 is 0. The Labute approximate surface area is 176 Å². The van der Waals surface area contributed by atoms with Crippen LogP contribution in [0.1, 0.15) is 32.8 Å². The van der Waals surface area contributed by atoms with Gasteiger partial charge in [-0.25, -0.2) is 0 Å². The lowest BCUT2D eigenvalue weighted by Gasteiger charge is -2.19. The Morgan fingerprint density at radius 3 is 2.40 bits per heavy atom. The third kappa shape index (κ3) is 6.14. The number of nitrogens with one attached hydrogen (secondary N) is 1. The number of hydrogen-bond donors (Lipinski definition) is 1. The van der Waals surface area contributed by atoms with E-state index in [0.29, 0.717) is 36.1 Å². The number of anilines is 1. The minimum absolute atomic E-state index is 0.0539. The smallest absolute Gasteiger partial charge is 0.309 e. The number of esters is 1. The maximum absolute atomic E-state index is 12.0. The van der Waals surface area contributed by atoms with Crippen LogP contribution in [0.4, 0.5) is 5.69 Å². The van der Waals surface area contributed by atoms with Gasteiger partial charge in [-0.2, -0.15) is 0 Å². The molecule has 2 aromatic carbocycles. The molecule has 1 heterocycles. The zero-order valence-corrected chi connectivity index (χ0v) is 17.5. The lowest BCUT2D eigenvalue weighted by atomic mass is 9.87. The maximum Gasteiger partial charge on any atom is 0.309 e. The van der Waals surface area contributed by atoms with E-state index in [1.807, 2.05) is 24.3 Å². The van der Waals surface area contributed by atoms with Crippen molar-refractivity contribution in [2.24, 2.45) is 0 Å². The molecule has 0 saturated carbocycles. The molecule has 0 aromatic heterocycles. The van der Waals surface area contributed by atoms with Gasteiger partial charge in [-0.05, 0) is 35.2 Å². The molecule has 0 unspecified atom stereocenters. The molecule has 1 amide bonds. The van der Waals surface area contributed by atoms with Gasteiger partial charge in [0.2, 0.25) is 0 Å². The molecule has 2 aromatic rings. The lowest BCUT2D eigenvalue weighted by molar-refractivity contribution is -0.147. The number of hydrogen-bond acceptors (Lipinski definition) is 6. The topological polar surface area (TPSA) is 83.1 Å². The summed E-state index contributed by atoms with van der Waals surface area (Å²) in [6, 6.07) is 12.9. The summed E-state index contributed by atoms with van der Waals surface area (Å²) in [5, 5.41) is 2.66. The van der Waals surface area contributed by atoms with E-state index in [1.165, 1.54) is 5.56 Å². The molecular weight excluding hydrogens is 386 g/mol. The molecule has 0 bridgehead atoms. The Morgan fingerprint density at radius 2 is 1.70 bits per heavy atom. The number of rotatable bonds is 7. The minimum atomic E-state index is -0.501. The summed E-state index contributed by atoms with van der Waals surface area (Å²) < 4.78 is 21.5. The van der Waals surface area contributed by atoms with Crippen LogP contribution >= 0.6 is 0 Å². The highest BCUT2D eigenvalue weighted by Crippen LogP contribution is 2.32. The van der Waals surface area contributed by atoms with Gasteiger partial charge in [0.1, 0.15) is 19.0 Å². The average Bonchev–Trinajstić information content (AvgIpc) is 2.72. The van der Waals surface area contributed by atoms with Gasteiger partial charge in [-0.1, -0.05) is 32.9 Å². The number of carbonyl (C=O) groups excluding carboxylic acids is 2. The van der Waals surface area contributed by atoms with E-state index >= 15 is 0 Å². The predicted molar refractivity (Wildman–Crippen MR) is 112 cm³/mol. The second kappa shape index (κ2) is 9.52. The highest BCUT2D eigenvalue weighted by atomic mass is 16.6. The van der Waals surface area contributed by atoms with Crippen LogP contribution in [-0.2, 0) is 19.7 Å². The largest absolute Gasteiger partial charge is 0.493 e. The van der Waals surface area contributed by atoms with Crippen LogP contribution in [0.3, 0.4) is 0 Å². The Bertz CT molecular complexity index is 886. The van der Waals surface area contributed by atoms with Crippen molar-refractivity contribution in [3.05, 3.63) is 48.0 Å². The second-order valence-electron chi connectivity index (χ2n) is 7.94. The number of carbonyl (C=O) groups is 2. The van der Waals surface area contributed by atoms with E-state index in [2.05, 4.69) is 26.1 Å². The molecule has 1 N–H and O–H groups in total. The van der Waals surface area contributed by atoms with Crippen LogP contribution in [-0.4, -0.2) is 38.3 Å². The average molecular weight is 413 g/mol. The number of ether oxygens (including phenoxy) is 4. The molecule has 0 spiro atoms. The van der Waals surface area contributed by atoms with Crippen molar-refractivity contribution in [2.75, 3.05) is 31.7 Å². The third-order valence-corrected chi connectivity index (χ3v) is 4.49. The van der Waals surface area contributed by atoms with Gasteiger partial charge in [-0.3, -0.25) is 9.59 Å². The van der Waals surface area contributed by atoms with E-state index in [1.54, 1.807) is 18.2 Å². The SMILES string of the molecule is CC(C)(C)c1ccc(OCCC(=O)OCC(=O)Nc2ccc3c(c2)OCCO3)cc1. The molecule has 30 heavy (non-hydrogen) atoms. The van der Waals surface area contributed by atoms with E-state index < -0.39 is 11.9 Å². The first kappa shape index (κ1) is 21.5. The van der Waals surface area contributed by atoms with Crippen molar-refractivity contribution in [1.29, 1.82) is 0 Å². The summed E-state index contributed by atoms with van der Waals surface area (Å²) in [5.41, 5.74) is 1.82. The molecule has 0 radical (unpaired) electrons. The molecule has 1 aliphatic heterocycles. The highest BCUT2D eigenvalue weighted by molar-refractivity contribution is 5.93. The molecule has 0 fully saturated rings. The first-order valence-electron chi connectivity index (χ1n) is 9.90. The summed E-state index contributed by atoms with van der Waals surface area (Å²) in [4.78, 5) is 23.9. The van der Waals surface area contributed by atoms with Gasteiger partial charge in [0.15, 0.2) is 18.1 Å². The van der Waals surface area contributed by atoms with E-state index in [4.69, 9.17) is 18.9 Å². The molecule has 0 saturated heterocycles. The van der Waals surface area contributed by atoms with Gasteiger partial charge >= 0.3 is 5.97 Å². The summed E-state index contributed by atoms with van der Waals surface area (Å²) in [7, 11) is 0. The first-order chi connectivity index (χ1) is 14.3. The number of fused-ring (bicyclic) bond motifs is 1. The van der Waals surface area contributed by atoms with E-state index in [-0.39, 0.29) is 25.0 Å². The van der Waals surface area contributed by atoms with Gasteiger partial charge < -0.3 is 24.3 Å². The Kier molecular flexibility index (Phi) is 6.82. The second-order valence-corrected chi connectivity index (χ2v) is 7.94. The summed E-state index contributed by atoms with van der Waals surface area (Å²) in [5.74, 6) is 0.965. The van der Waals surface area contributed by atoms with E-state index in [0.717, 1.165) is 0 Å². The molecule has 160 valence electrons. The molecule has 7 heteroatoms. The Balaban J connectivity index is 1.36. The fourth-order valence-corrected chi connectivity index (χ4v) is 2.84. The molecule has 7 nitrogen and oxygen atoms in total. The van der Waals surface area contributed by atoms with Crippen molar-refractivity contribution >= 4 is 17.6 Å². The van der Waals surface area contributed by atoms with E-state index in [9.17, 15) is 9.59 Å². The number of benzene rings is 2. The molecule has 0 aliphatic carbocycles. The van der Waals surface area contributed by atoms with Crippen molar-refractivity contribution in [1.82, 2.24) is 0 Å². The van der Waals surface area contributed by atoms with Gasteiger partial charge in [-0.15, -0.1) is 0 Å². The van der Waals surface area contributed by atoms with Gasteiger partial charge in [0.25, 0.3) is 5.91 Å². The van der Waals surface area contributed by atoms with Crippen molar-refractivity contribution in [2.45, 2.75) is 32.6 Å². The number of amides is 1. The molecule has 1 aliphatic rings. The highest BCUT2D eigenvalue weighted by Gasteiger charge is 2.15. The maximum atomic E-state index is 12.0. The molecular formula is C23H27NO6. The van der Waals surface area contributed by atoms with Gasteiger partial charge in [0.05, 0.1) is 13.0 Å². The third-order valence-electron chi connectivity index (χ3n) is 4.49. The zero-order chi connectivity index (χ0) is 21.6. The van der Waals surface area contributed by atoms with Crippen LogP contribution in [0.2, 0.25) is 0 Å². The first-order valence-corrected chi connectivity index (χ1v) is 9.90. The lowest BCUT2D eigenvalue weighted by Crippen LogP contribution is -2.22. The zero-order valence-electron chi connectivity index (χ0n) is 17.5. The fraction of sp³-hybridized carbons (Fsp3) is 0.391. The Morgan fingerprint density at radius 1 is 1.00 bits per heavy atom. The summed E-state index contributed by atoms with van der Waals surface area (Å²) in [6.07, 6.45) is 0.0539. The normalized spacial score (nSPS) is 12.8. The monoisotopic (exact) mass is 413 g/mol. The van der Waals surface area contributed by atoms with Crippen LogP contribution in [0, 0.1) is 0 Å². The summed E-state index contributed by atoms with van der Waals surface area (Å²) in [6.45, 7) is 7.20. The van der Waals surface area contributed by atoms with Crippen LogP contribution in [0.15, 0.2) is 42.5 Å². The van der Waals surface area contributed by atoms with Crippen molar-refractivity contribution in [3.63, 3.8) is 0 Å². The Hall–Kier alpha value is -3.22. The molecule has 3 rings (SSSR count). The molecule has 0 atom stereocenters. The predicted octanol–water partition coefficient (Wildman–Crippen LogP) is 3.71. The van der Waals surface area contributed by atoms with Crippen molar-refractivity contribution < 1.29 is 28.5 Å².